The van der Waals surface area contributed by atoms with Crippen LogP contribution in [0.15, 0.2) is 18.2 Å². The lowest BCUT2D eigenvalue weighted by molar-refractivity contribution is -0.385. The summed E-state index contributed by atoms with van der Waals surface area (Å²) in [6, 6.07) is 3.34. The maximum absolute atomic E-state index is 13.0. The molecule has 5 nitrogen and oxygen atoms in total. The van der Waals surface area contributed by atoms with E-state index in [2.05, 4.69) is 0 Å². The summed E-state index contributed by atoms with van der Waals surface area (Å²) in [6.07, 6.45) is -1.75. The lowest BCUT2D eigenvalue weighted by Crippen LogP contribution is -2.36. The molecule has 102 valence electrons. The number of Topliss-reactive ketones (excluding diaryl/α,β-unsaturated/α-hetero) is 1. The van der Waals surface area contributed by atoms with E-state index in [1.54, 1.807) is 4.90 Å². The third-order valence-corrected chi connectivity index (χ3v) is 3.05. The largest absolute Gasteiger partial charge is 0.364 e. The summed E-state index contributed by atoms with van der Waals surface area (Å²) in [7, 11) is 0. The first-order valence-electron chi connectivity index (χ1n) is 5.82. The predicted molar refractivity (Wildman–Crippen MR) is 64.5 cm³/mol. The van der Waals surface area contributed by atoms with E-state index in [-0.39, 0.29) is 23.7 Å². The van der Waals surface area contributed by atoms with Gasteiger partial charge >= 0.3 is 0 Å². The van der Waals surface area contributed by atoms with E-state index >= 15 is 0 Å². The second-order valence-corrected chi connectivity index (χ2v) is 4.36. The molecule has 1 aliphatic heterocycles. The number of ketones is 1. The number of nitrogens with zero attached hydrogens (tertiary/aromatic N) is 2. The van der Waals surface area contributed by atoms with Crippen molar-refractivity contribution in [2.75, 3.05) is 18.0 Å². The molecular formula is C12H12F2N2O3. The van der Waals surface area contributed by atoms with Gasteiger partial charge in [-0.25, -0.2) is 8.78 Å². The van der Waals surface area contributed by atoms with Gasteiger partial charge in [0.1, 0.15) is 0 Å². The first kappa shape index (κ1) is 13.4. The van der Waals surface area contributed by atoms with Crippen LogP contribution in [0.1, 0.15) is 24.8 Å². The van der Waals surface area contributed by atoms with Crippen LogP contribution in [-0.4, -0.2) is 23.8 Å². The number of piperidine rings is 1. The van der Waals surface area contributed by atoms with E-state index in [0.29, 0.717) is 19.4 Å². The molecular weight excluding hydrogens is 258 g/mol. The number of anilines is 1. The molecule has 0 radical (unpaired) electrons. The molecule has 0 spiro atoms. The molecule has 1 saturated heterocycles. The fourth-order valence-electron chi connectivity index (χ4n) is 2.16. The zero-order valence-corrected chi connectivity index (χ0v) is 10.0. The van der Waals surface area contributed by atoms with Crippen LogP contribution in [0.5, 0.6) is 0 Å². The minimum atomic E-state index is -2.81. The van der Waals surface area contributed by atoms with E-state index in [4.69, 9.17) is 0 Å². The summed E-state index contributed by atoms with van der Waals surface area (Å²) in [5.41, 5.74) is -0.570. The van der Waals surface area contributed by atoms with Crippen molar-refractivity contribution in [2.45, 2.75) is 19.3 Å². The smallest absolute Gasteiger partial charge is 0.270 e. The van der Waals surface area contributed by atoms with Crippen LogP contribution in [0, 0.1) is 10.1 Å². The van der Waals surface area contributed by atoms with Crippen molar-refractivity contribution >= 4 is 17.2 Å². The fraction of sp³-hybridized carbons (Fsp3) is 0.417. The number of benzene rings is 1. The zero-order valence-electron chi connectivity index (χ0n) is 10.0. The summed E-state index contributed by atoms with van der Waals surface area (Å²) in [6.45, 7) is 0.584. The lowest BCUT2D eigenvalue weighted by Gasteiger charge is -2.29. The molecule has 0 aliphatic carbocycles. The van der Waals surface area contributed by atoms with Crippen LogP contribution in [0.3, 0.4) is 0 Å². The van der Waals surface area contributed by atoms with Crippen LogP contribution in [0.25, 0.3) is 0 Å². The first-order valence-corrected chi connectivity index (χ1v) is 5.82. The zero-order chi connectivity index (χ0) is 14.0. The van der Waals surface area contributed by atoms with Gasteiger partial charge in [-0.1, -0.05) is 0 Å². The van der Waals surface area contributed by atoms with Crippen LogP contribution in [0.2, 0.25) is 0 Å². The third kappa shape index (κ3) is 2.86. The van der Waals surface area contributed by atoms with Crippen LogP contribution >= 0.6 is 0 Å². The van der Waals surface area contributed by atoms with Gasteiger partial charge in [-0.15, -0.1) is 0 Å². The van der Waals surface area contributed by atoms with Crippen molar-refractivity contribution < 1.29 is 18.5 Å². The van der Waals surface area contributed by atoms with Gasteiger partial charge in [0.2, 0.25) is 0 Å². The first-order chi connectivity index (χ1) is 8.99. The Morgan fingerprint density at radius 3 is 2.68 bits per heavy atom. The number of hydrogen-bond acceptors (Lipinski definition) is 4. The Labute approximate surface area is 108 Å². The molecule has 1 heterocycles. The van der Waals surface area contributed by atoms with Crippen molar-refractivity contribution in [3.8, 4) is 0 Å². The molecule has 0 bridgehead atoms. The Hall–Kier alpha value is -2.05. The van der Waals surface area contributed by atoms with Gasteiger partial charge in [0, 0.05) is 36.3 Å². The number of non-ortho nitro benzene ring substituents is 1. The van der Waals surface area contributed by atoms with Gasteiger partial charge in [-0.2, -0.15) is 0 Å². The van der Waals surface area contributed by atoms with Gasteiger partial charge < -0.3 is 4.90 Å². The van der Waals surface area contributed by atoms with E-state index in [1.807, 2.05) is 0 Å². The average Bonchev–Trinajstić information content (AvgIpc) is 2.37. The SMILES string of the molecule is O=C1CCCN(c2ccc([N+](=O)[O-])cc2C(F)F)C1. The number of carbonyl (C=O) groups excluding carboxylic acids is 1. The highest BCUT2D eigenvalue weighted by atomic mass is 19.3. The number of nitro groups is 1. The maximum atomic E-state index is 13.0. The summed E-state index contributed by atoms with van der Waals surface area (Å²) >= 11 is 0. The van der Waals surface area contributed by atoms with E-state index < -0.39 is 16.9 Å². The molecule has 2 rings (SSSR count). The molecule has 1 aliphatic rings. The average molecular weight is 270 g/mol. The van der Waals surface area contributed by atoms with Gasteiger partial charge in [0.05, 0.1) is 11.5 Å². The molecule has 0 saturated carbocycles. The topological polar surface area (TPSA) is 63.5 Å². The molecule has 1 aromatic rings. The molecule has 19 heavy (non-hydrogen) atoms. The standard InChI is InChI=1S/C12H12F2N2O3/c13-12(14)10-6-8(16(18)19)3-4-11(10)15-5-1-2-9(17)7-15/h3-4,6,12H,1-2,5,7H2. The second kappa shape index (κ2) is 5.29. The molecule has 0 N–H and O–H groups in total. The number of nitro benzene ring substituents is 1. The van der Waals surface area contributed by atoms with Crippen molar-refractivity contribution in [3.63, 3.8) is 0 Å². The summed E-state index contributed by atoms with van der Waals surface area (Å²) in [4.78, 5) is 22.8. The van der Waals surface area contributed by atoms with Crippen molar-refractivity contribution in [1.29, 1.82) is 0 Å². The van der Waals surface area contributed by atoms with E-state index in [0.717, 1.165) is 6.07 Å². The van der Waals surface area contributed by atoms with Crippen molar-refractivity contribution in [1.82, 2.24) is 0 Å². The Morgan fingerprint density at radius 2 is 2.11 bits per heavy atom. The molecule has 1 fully saturated rings. The molecule has 0 unspecified atom stereocenters. The second-order valence-electron chi connectivity index (χ2n) is 4.36. The van der Waals surface area contributed by atoms with Gasteiger partial charge in [0.25, 0.3) is 12.1 Å². The third-order valence-electron chi connectivity index (χ3n) is 3.05. The highest BCUT2D eigenvalue weighted by Gasteiger charge is 2.24. The Morgan fingerprint density at radius 1 is 1.37 bits per heavy atom. The number of hydrogen-bond donors (Lipinski definition) is 0. The molecule has 7 heteroatoms. The van der Waals surface area contributed by atoms with Crippen molar-refractivity contribution in [2.24, 2.45) is 0 Å². The number of alkyl halides is 2. The number of carbonyl (C=O) groups is 1. The molecule has 0 atom stereocenters. The Bertz CT molecular complexity index is 520. The molecule has 1 aromatic carbocycles. The highest BCUT2D eigenvalue weighted by molar-refractivity contribution is 5.85. The van der Waals surface area contributed by atoms with Gasteiger partial charge in [-0.05, 0) is 12.5 Å². The lowest BCUT2D eigenvalue weighted by atomic mass is 10.1. The van der Waals surface area contributed by atoms with Gasteiger partial charge in [-0.3, -0.25) is 14.9 Å². The molecule has 0 amide bonds. The quantitative estimate of drug-likeness (QED) is 0.625. The maximum Gasteiger partial charge on any atom is 0.270 e. The fourth-order valence-corrected chi connectivity index (χ4v) is 2.16. The van der Waals surface area contributed by atoms with Crippen LogP contribution < -0.4 is 4.90 Å². The summed E-state index contributed by atoms with van der Waals surface area (Å²) in [5, 5.41) is 10.6. The van der Waals surface area contributed by atoms with Gasteiger partial charge in [0.15, 0.2) is 5.78 Å². The summed E-state index contributed by atoms with van der Waals surface area (Å²) in [5.74, 6) is -0.00943. The van der Waals surface area contributed by atoms with Crippen LogP contribution in [-0.2, 0) is 4.79 Å². The monoisotopic (exact) mass is 270 g/mol. The minimum absolute atomic E-state index is 0.00943. The van der Waals surface area contributed by atoms with E-state index in [9.17, 15) is 23.7 Å². The Balaban J connectivity index is 2.38. The Kier molecular flexibility index (Phi) is 3.73. The van der Waals surface area contributed by atoms with E-state index in [1.165, 1.54) is 12.1 Å². The minimum Gasteiger partial charge on any atom is -0.364 e. The number of rotatable bonds is 3. The predicted octanol–water partition coefficient (Wildman–Crippen LogP) is 2.70. The van der Waals surface area contributed by atoms with Crippen LogP contribution in [0.4, 0.5) is 20.2 Å². The normalized spacial score (nSPS) is 15.9. The highest BCUT2D eigenvalue weighted by Crippen LogP contribution is 2.33. The molecule has 0 aromatic heterocycles. The van der Waals surface area contributed by atoms with Crippen molar-refractivity contribution in [3.05, 3.63) is 33.9 Å². The number of halogens is 2. The summed E-state index contributed by atoms with van der Waals surface area (Å²) < 4.78 is 26.0.